The van der Waals surface area contributed by atoms with E-state index in [4.69, 9.17) is 4.74 Å². The minimum Gasteiger partial charge on any atom is -0.383 e. The molecule has 0 aromatic carbocycles. The number of rotatable bonds is 7. The van der Waals surface area contributed by atoms with Gasteiger partial charge in [0.05, 0.1) is 25.4 Å². The summed E-state index contributed by atoms with van der Waals surface area (Å²) in [5.74, 6) is 2.67. The summed E-state index contributed by atoms with van der Waals surface area (Å²) in [6.45, 7) is 4.06. The van der Waals surface area contributed by atoms with Gasteiger partial charge in [0.2, 0.25) is 0 Å². The molecule has 4 rings (SSSR count). The van der Waals surface area contributed by atoms with Crippen molar-refractivity contribution in [3.05, 3.63) is 23.8 Å². The number of ether oxygens (including phenoxy) is 1. The van der Waals surface area contributed by atoms with Gasteiger partial charge < -0.3 is 15.0 Å². The molecule has 0 unspecified atom stereocenters. The summed E-state index contributed by atoms with van der Waals surface area (Å²) in [6, 6.07) is 2.03. The summed E-state index contributed by atoms with van der Waals surface area (Å²) < 4.78 is 7.09. The second-order valence-corrected chi connectivity index (χ2v) is 6.46. The molecule has 3 heterocycles. The number of anilines is 2. The Morgan fingerprint density at radius 1 is 1.33 bits per heavy atom. The first kappa shape index (κ1) is 15.3. The lowest BCUT2D eigenvalue weighted by molar-refractivity contribution is 0.181. The van der Waals surface area contributed by atoms with E-state index in [2.05, 4.69) is 30.5 Å². The van der Waals surface area contributed by atoms with E-state index < -0.39 is 0 Å². The SMILES string of the molecule is COCCn1nnc2c1CCN(c1cc(NCC3CC3)ncn1)C2. The lowest BCUT2D eigenvalue weighted by Gasteiger charge is -2.27. The van der Waals surface area contributed by atoms with E-state index in [1.807, 2.05) is 10.7 Å². The monoisotopic (exact) mass is 329 g/mol. The van der Waals surface area contributed by atoms with Crippen LogP contribution in [0.2, 0.25) is 0 Å². The van der Waals surface area contributed by atoms with Crippen LogP contribution >= 0.6 is 0 Å². The predicted octanol–water partition coefficient (Wildman–Crippen LogP) is 1.10. The summed E-state index contributed by atoms with van der Waals surface area (Å²) in [6.07, 6.45) is 5.22. The Kier molecular flexibility index (Phi) is 4.29. The van der Waals surface area contributed by atoms with E-state index in [1.54, 1.807) is 13.4 Å². The number of fused-ring (bicyclic) bond motifs is 1. The quantitative estimate of drug-likeness (QED) is 0.814. The molecule has 0 spiro atoms. The van der Waals surface area contributed by atoms with Crippen molar-refractivity contribution >= 4 is 11.6 Å². The fourth-order valence-electron chi connectivity index (χ4n) is 3.01. The molecule has 8 heteroatoms. The van der Waals surface area contributed by atoms with E-state index in [0.717, 1.165) is 55.8 Å². The maximum absolute atomic E-state index is 5.13. The van der Waals surface area contributed by atoms with Crippen LogP contribution in [0.4, 0.5) is 11.6 Å². The minimum absolute atomic E-state index is 0.654. The summed E-state index contributed by atoms with van der Waals surface area (Å²) in [5.41, 5.74) is 2.24. The molecule has 1 saturated carbocycles. The highest BCUT2D eigenvalue weighted by Gasteiger charge is 2.24. The van der Waals surface area contributed by atoms with Crippen LogP contribution < -0.4 is 10.2 Å². The van der Waals surface area contributed by atoms with Crippen LogP contribution in [0.3, 0.4) is 0 Å². The number of hydrogen-bond donors (Lipinski definition) is 1. The molecule has 1 aliphatic carbocycles. The van der Waals surface area contributed by atoms with Crippen LogP contribution in [0.1, 0.15) is 24.2 Å². The van der Waals surface area contributed by atoms with E-state index in [-0.39, 0.29) is 0 Å². The molecule has 2 aliphatic rings. The van der Waals surface area contributed by atoms with Gasteiger partial charge in [-0.1, -0.05) is 5.21 Å². The molecule has 0 atom stereocenters. The number of aromatic nitrogens is 5. The van der Waals surface area contributed by atoms with Crippen LogP contribution in [0.25, 0.3) is 0 Å². The van der Waals surface area contributed by atoms with Gasteiger partial charge in [-0.05, 0) is 18.8 Å². The van der Waals surface area contributed by atoms with Crippen LogP contribution in [0, 0.1) is 5.92 Å². The Morgan fingerprint density at radius 2 is 2.25 bits per heavy atom. The van der Waals surface area contributed by atoms with E-state index in [0.29, 0.717) is 6.61 Å². The lowest BCUT2D eigenvalue weighted by Crippen LogP contribution is -2.32. The average molecular weight is 329 g/mol. The van der Waals surface area contributed by atoms with Crippen LogP contribution in [0.5, 0.6) is 0 Å². The Morgan fingerprint density at radius 3 is 3.08 bits per heavy atom. The number of nitrogens with one attached hydrogen (secondary N) is 1. The fourth-order valence-corrected chi connectivity index (χ4v) is 3.01. The number of hydrogen-bond acceptors (Lipinski definition) is 7. The molecule has 1 fully saturated rings. The van der Waals surface area contributed by atoms with E-state index in [9.17, 15) is 0 Å². The van der Waals surface area contributed by atoms with Crippen LogP contribution in [0.15, 0.2) is 12.4 Å². The standard InChI is InChI=1S/C16H23N7O/c1-24-7-6-23-14-4-5-22(10-13(14)20-21-23)16-8-15(18-11-19-16)17-9-12-2-3-12/h8,11-12H,2-7,9-10H2,1H3,(H,17,18,19). The Labute approximate surface area is 141 Å². The molecule has 1 N–H and O–H groups in total. The van der Waals surface area contributed by atoms with Gasteiger partial charge in [0.1, 0.15) is 23.7 Å². The molecule has 0 amide bonds. The Hall–Kier alpha value is -2.22. The molecule has 2 aromatic rings. The van der Waals surface area contributed by atoms with Gasteiger partial charge in [0.25, 0.3) is 0 Å². The predicted molar refractivity (Wildman–Crippen MR) is 89.9 cm³/mol. The smallest absolute Gasteiger partial charge is 0.134 e. The van der Waals surface area contributed by atoms with Gasteiger partial charge in [-0.3, -0.25) is 0 Å². The highest BCUT2D eigenvalue weighted by atomic mass is 16.5. The van der Waals surface area contributed by atoms with Gasteiger partial charge in [-0.2, -0.15) is 0 Å². The Bertz CT molecular complexity index is 697. The average Bonchev–Trinajstić information content (AvgIpc) is 3.37. The highest BCUT2D eigenvalue weighted by molar-refractivity contribution is 5.49. The largest absolute Gasteiger partial charge is 0.383 e. The number of methoxy groups -OCH3 is 1. The highest BCUT2D eigenvalue weighted by Crippen LogP contribution is 2.29. The van der Waals surface area contributed by atoms with Gasteiger partial charge in [0, 0.05) is 32.7 Å². The molecule has 1 aliphatic heterocycles. The van der Waals surface area contributed by atoms with E-state index in [1.165, 1.54) is 18.5 Å². The normalized spacial score (nSPS) is 17.0. The maximum Gasteiger partial charge on any atom is 0.134 e. The van der Waals surface area contributed by atoms with Crippen molar-refractivity contribution in [1.29, 1.82) is 0 Å². The molecular weight excluding hydrogens is 306 g/mol. The van der Waals surface area contributed by atoms with Crippen molar-refractivity contribution in [2.24, 2.45) is 5.92 Å². The molecule has 2 aromatic heterocycles. The molecule has 0 saturated heterocycles. The second-order valence-electron chi connectivity index (χ2n) is 6.46. The molecule has 24 heavy (non-hydrogen) atoms. The first-order valence-corrected chi connectivity index (χ1v) is 8.54. The van der Waals surface area contributed by atoms with Gasteiger partial charge in [-0.25, -0.2) is 14.6 Å². The topological polar surface area (TPSA) is 81.0 Å². The molecule has 128 valence electrons. The fraction of sp³-hybridized carbons (Fsp3) is 0.625. The molecule has 0 radical (unpaired) electrons. The van der Waals surface area contributed by atoms with Crippen molar-refractivity contribution in [2.75, 3.05) is 37.0 Å². The van der Waals surface area contributed by atoms with Crippen molar-refractivity contribution in [2.45, 2.75) is 32.4 Å². The first-order valence-electron chi connectivity index (χ1n) is 8.54. The zero-order valence-electron chi connectivity index (χ0n) is 14.0. The summed E-state index contributed by atoms with van der Waals surface area (Å²) in [5, 5.41) is 12.0. The maximum atomic E-state index is 5.13. The summed E-state index contributed by atoms with van der Waals surface area (Å²) >= 11 is 0. The summed E-state index contributed by atoms with van der Waals surface area (Å²) in [4.78, 5) is 11.0. The van der Waals surface area contributed by atoms with Crippen LogP contribution in [-0.4, -0.2) is 51.8 Å². The minimum atomic E-state index is 0.654. The lowest BCUT2D eigenvalue weighted by atomic mass is 10.1. The molecular formula is C16H23N7O. The van der Waals surface area contributed by atoms with E-state index >= 15 is 0 Å². The van der Waals surface area contributed by atoms with Gasteiger partial charge in [0.15, 0.2) is 0 Å². The third-order valence-corrected chi connectivity index (χ3v) is 4.63. The second kappa shape index (κ2) is 6.72. The van der Waals surface area contributed by atoms with Crippen molar-refractivity contribution in [3.63, 3.8) is 0 Å². The number of nitrogens with zero attached hydrogens (tertiary/aromatic N) is 6. The van der Waals surface area contributed by atoms with Crippen molar-refractivity contribution in [3.8, 4) is 0 Å². The van der Waals surface area contributed by atoms with Crippen molar-refractivity contribution < 1.29 is 4.74 Å². The molecule has 8 nitrogen and oxygen atoms in total. The molecule has 0 bridgehead atoms. The Balaban J connectivity index is 1.44. The third-order valence-electron chi connectivity index (χ3n) is 4.63. The van der Waals surface area contributed by atoms with Gasteiger partial charge >= 0.3 is 0 Å². The third kappa shape index (κ3) is 3.33. The zero-order chi connectivity index (χ0) is 16.4. The van der Waals surface area contributed by atoms with Gasteiger partial charge in [-0.15, -0.1) is 5.10 Å². The zero-order valence-corrected chi connectivity index (χ0v) is 14.0. The van der Waals surface area contributed by atoms with Crippen LogP contribution in [-0.2, 0) is 24.2 Å². The van der Waals surface area contributed by atoms with Crippen molar-refractivity contribution in [1.82, 2.24) is 25.0 Å². The summed E-state index contributed by atoms with van der Waals surface area (Å²) in [7, 11) is 1.70. The first-order chi connectivity index (χ1) is 11.8.